The normalized spacial score (nSPS) is 17.8. The summed E-state index contributed by atoms with van der Waals surface area (Å²) in [5, 5.41) is 2.12. The van der Waals surface area contributed by atoms with Crippen LogP contribution in [0, 0.1) is 11.6 Å². The van der Waals surface area contributed by atoms with Crippen molar-refractivity contribution in [1.29, 1.82) is 0 Å². The van der Waals surface area contributed by atoms with Gasteiger partial charge in [0.25, 0.3) is 5.91 Å². The number of carbonyl (C=O) groups is 2. The van der Waals surface area contributed by atoms with E-state index < -0.39 is 36.2 Å². The number of amides is 1. The van der Waals surface area contributed by atoms with E-state index >= 15 is 0 Å². The fourth-order valence-electron chi connectivity index (χ4n) is 1.77. The van der Waals surface area contributed by atoms with Crippen molar-refractivity contribution in [3.05, 3.63) is 29.8 Å². The highest BCUT2D eigenvalue weighted by atomic mass is 19.1. The lowest BCUT2D eigenvalue weighted by molar-refractivity contribution is -0.156. The third kappa shape index (κ3) is 3.74. The van der Waals surface area contributed by atoms with Gasteiger partial charge in [0.2, 0.25) is 0 Å². The predicted molar refractivity (Wildman–Crippen MR) is 64.9 cm³/mol. The molecule has 0 saturated carbocycles. The molecule has 1 fully saturated rings. The molecule has 0 spiro atoms. The van der Waals surface area contributed by atoms with Gasteiger partial charge in [0.05, 0.1) is 5.69 Å². The van der Waals surface area contributed by atoms with Crippen molar-refractivity contribution in [3.63, 3.8) is 0 Å². The quantitative estimate of drug-likeness (QED) is 0.854. The summed E-state index contributed by atoms with van der Waals surface area (Å²) >= 11 is 0. The molecule has 2 rings (SSSR count). The zero-order chi connectivity index (χ0) is 14.5. The average Bonchev–Trinajstić information content (AvgIpc) is 2.94. The number of rotatable bonds is 4. The molecule has 0 aliphatic carbocycles. The molecule has 1 atom stereocenters. The summed E-state index contributed by atoms with van der Waals surface area (Å²) in [5.41, 5.74) is -0.303. The highest BCUT2D eigenvalue weighted by Crippen LogP contribution is 2.15. The van der Waals surface area contributed by atoms with E-state index in [0.29, 0.717) is 13.0 Å². The van der Waals surface area contributed by atoms with Crippen molar-refractivity contribution in [2.45, 2.75) is 18.9 Å². The van der Waals surface area contributed by atoms with Crippen LogP contribution in [0.15, 0.2) is 18.2 Å². The lowest BCUT2D eigenvalue weighted by Crippen LogP contribution is -2.27. The van der Waals surface area contributed by atoms with E-state index in [9.17, 15) is 18.4 Å². The first-order valence-corrected chi connectivity index (χ1v) is 6.09. The number of esters is 1. The van der Waals surface area contributed by atoms with E-state index in [2.05, 4.69) is 5.32 Å². The van der Waals surface area contributed by atoms with Gasteiger partial charge in [0.15, 0.2) is 12.7 Å². The van der Waals surface area contributed by atoms with Crippen LogP contribution in [0.1, 0.15) is 12.8 Å². The molecule has 1 aromatic rings. The monoisotopic (exact) mass is 285 g/mol. The summed E-state index contributed by atoms with van der Waals surface area (Å²) in [5.74, 6) is -2.83. The molecule has 20 heavy (non-hydrogen) atoms. The maximum atomic E-state index is 13.3. The molecule has 0 radical (unpaired) electrons. The fraction of sp³-hybridized carbons (Fsp3) is 0.385. The van der Waals surface area contributed by atoms with E-state index in [0.717, 1.165) is 24.6 Å². The molecule has 0 unspecified atom stereocenters. The third-order valence-electron chi connectivity index (χ3n) is 2.74. The van der Waals surface area contributed by atoms with Crippen LogP contribution in [0.2, 0.25) is 0 Å². The van der Waals surface area contributed by atoms with Gasteiger partial charge in [0, 0.05) is 12.7 Å². The van der Waals surface area contributed by atoms with Crippen LogP contribution >= 0.6 is 0 Å². The number of hydrogen-bond donors (Lipinski definition) is 1. The Bertz CT molecular complexity index is 515. The van der Waals surface area contributed by atoms with Gasteiger partial charge in [-0.05, 0) is 25.0 Å². The van der Waals surface area contributed by atoms with Gasteiger partial charge < -0.3 is 14.8 Å². The van der Waals surface area contributed by atoms with Crippen molar-refractivity contribution in [2.24, 2.45) is 0 Å². The number of carbonyl (C=O) groups excluding carboxylic acids is 2. The van der Waals surface area contributed by atoms with Gasteiger partial charge in [-0.15, -0.1) is 0 Å². The second kappa shape index (κ2) is 6.42. The molecule has 7 heteroatoms. The molecule has 5 nitrogen and oxygen atoms in total. The highest BCUT2D eigenvalue weighted by molar-refractivity contribution is 5.93. The SMILES string of the molecule is O=C(COC(=O)[C@H]1CCCO1)Nc1cc(F)ccc1F. The first-order chi connectivity index (χ1) is 9.56. The smallest absolute Gasteiger partial charge is 0.335 e. The Labute approximate surface area is 113 Å². The van der Waals surface area contributed by atoms with E-state index in [1.165, 1.54) is 0 Å². The van der Waals surface area contributed by atoms with Crippen LogP contribution in [-0.2, 0) is 19.1 Å². The van der Waals surface area contributed by atoms with Gasteiger partial charge in [-0.1, -0.05) is 0 Å². The van der Waals surface area contributed by atoms with Crippen LogP contribution in [0.4, 0.5) is 14.5 Å². The molecule has 0 aromatic heterocycles. The number of benzene rings is 1. The van der Waals surface area contributed by atoms with Crippen LogP contribution in [-0.4, -0.2) is 31.2 Å². The van der Waals surface area contributed by atoms with E-state index in [-0.39, 0.29) is 5.69 Å². The molecule has 1 amide bonds. The Balaban J connectivity index is 1.83. The molecule has 1 saturated heterocycles. The Morgan fingerprint density at radius 1 is 1.40 bits per heavy atom. The number of nitrogens with one attached hydrogen (secondary N) is 1. The number of anilines is 1. The molecule has 0 bridgehead atoms. The minimum atomic E-state index is -0.773. The van der Waals surface area contributed by atoms with Crippen molar-refractivity contribution >= 4 is 17.6 Å². The van der Waals surface area contributed by atoms with Crippen molar-refractivity contribution in [1.82, 2.24) is 0 Å². The Morgan fingerprint density at radius 2 is 2.20 bits per heavy atom. The first kappa shape index (κ1) is 14.4. The molecule has 1 aromatic carbocycles. The molecule has 1 N–H and O–H groups in total. The molecule has 108 valence electrons. The second-order valence-corrected chi connectivity index (χ2v) is 4.28. The van der Waals surface area contributed by atoms with Gasteiger partial charge in [0.1, 0.15) is 11.6 Å². The molecular formula is C13H13F2NO4. The summed E-state index contributed by atoms with van der Waals surface area (Å²) in [6.07, 6.45) is 0.674. The van der Waals surface area contributed by atoms with Gasteiger partial charge >= 0.3 is 5.97 Å². The summed E-state index contributed by atoms with van der Waals surface area (Å²) in [6, 6.07) is 2.67. The zero-order valence-corrected chi connectivity index (χ0v) is 10.5. The number of hydrogen-bond acceptors (Lipinski definition) is 4. The first-order valence-electron chi connectivity index (χ1n) is 6.09. The summed E-state index contributed by atoms with van der Waals surface area (Å²) < 4.78 is 36.0. The molecule has 1 aliphatic rings. The topological polar surface area (TPSA) is 64.6 Å². The molecule has 1 heterocycles. The summed E-state index contributed by atoms with van der Waals surface area (Å²) in [6.45, 7) is -0.0882. The van der Waals surface area contributed by atoms with E-state index in [1.54, 1.807) is 0 Å². The fourth-order valence-corrected chi connectivity index (χ4v) is 1.77. The maximum Gasteiger partial charge on any atom is 0.335 e. The Kier molecular flexibility index (Phi) is 4.62. The maximum absolute atomic E-state index is 13.3. The average molecular weight is 285 g/mol. The third-order valence-corrected chi connectivity index (χ3v) is 2.74. The standard InChI is InChI=1S/C13H13F2NO4/c14-8-3-4-9(15)10(6-8)16-12(17)7-20-13(18)11-2-1-5-19-11/h3-4,6,11H,1-2,5,7H2,(H,16,17)/t11-/m1/s1. The Hall–Kier alpha value is -2.02. The lowest BCUT2D eigenvalue weighted by atomic mass is 10.2. The van der Waals surface area contributed by atoms with Crippen LogP contribution < -0.4 is 5.32 Å². The van der Waals surface area contributed by atoms with Crippen molar-refractivity contribution in [2.75, 3.05) is 18.5 Å². The number of halogens is 2. The van der Waals surface area contributed by atoms with Crippen molar-refractivity contribution < 1.29 is 27.8 Å². The van der Waals surface area contributed by atoms with E-state index in [4.69, 9.17) is 9.47 Å². The van der Waals surface area contributed by atoms with E-state index in [1.807, 2.05) is 0 Å². The largest absolute Gasteiger partial charge is 0.454 e. The van der Waals surface area contributed by atoms with Gasteiger partial charge in [-0.2, -0.15) is 0 Å². The number of ether oxygens (including phenoxy) is 2. The summed E-state index contributed by atoms with van der Waals surface area (Å²) in [4.78, 5) is 22.9. The van der Waals surface area contributed by atoms with Crippen LogP contribution in [0.5, 0.6) is 0 Å². The van der Waals surface area contributed by atoms with Crippen molar-refractivity contribution in [3.8, 4) is 0 Å². The highest BCUT2D eigenvalue weighted by Gasteiger charge is 2.25. The van der Waals surface area contributed by atoms with Gasteiger partial charge in [-0.3, -0.25) is 4.79 Å². The molecular weight excluding hydrogens is 272 g/mol. The van der Waals surface area contributed by atoms with Crippen LogP contribution in [0.25, 0.3) is 0 Å². The minimum absolute atomic E-state index is 0.303. The lowest BCUT2D eigenvalue weighted by Gasteiger charge is -2.10. The van der Waals surface area contributed by atoms with Gasteiger partial charge in [-0.25, -0.2) is 13.6 Å². The summed E-state index contributed by atoms with van der Waals surface area (Å²) in [7, 11) is 0. The predicted octanol–water partition coefficient (Wildman–Crippen LogP) is 1.63. The zero-order valence-electron chi connectivity index (χ0n) is 10.5. The second-order valence-electron chi connectivity index (χ2n) is 4.28. The molecule has 1 aliphatic heterocycles. The van der Waals surface area contributed by atoms with Crippen LogP contribution in [0.3, 0.4) is 0 Å². The Morgan fingerprint density at radius 3 is 2.90 bits per heavy atom. The minimum Gasteiger partial charge on any atom is -0.454 e.